The second kappa shape index (κ2) is 6.69. The fourth-order valence-corrected chi connectivity index (χ4v) is 2.34. The summed E-state index contributed by atoms with van der Waals surface area (Å²) in [5.41, 5.74) is 7.00. The van der Waals surface area contributed by atoms with Crippen LogP contribution in [-0.2, 0) is 11.3 Å². The largest absolute Gasteiger partial charge is 0.409 e. The van der Waals surface area contributed by atoms with E-state index in [1.54, 1.807) is 6.07 Å². The van der Waals surface area contributed by atoms with Gasteiger partial charge in [-0.05, 0) is 24.5 Å². The Morgan fingerprint density at radius 2 is 2.15 bits per heavy atom. The van der Waals surface area contributed by atoms with Crippen LogP contribution in [-0.4, -0.2) is 41.5 Å². The average molecular weight is 279 g/mol. The lowest BCUT2D eigenvalue weighted by Crippen LogP contribution is -2.51. The SMILES string of the molecule is N/C(=N/O)c1cccc(CNC2(CO)CCOCC2)c1. The van der Waals surface area contributed by atoms with E-state index >= 15 is 0 Å². The summed E-state index contributed by atoms with van der Waals surface area (Å²) in [6.45, 7) is 2.04. The van der Waals surface area contributed by atoms with Crippen LogP contribution in [0.25, 0.3) is 0 Å². The fourth-order valence-electron chi connectivity index (χ4n) is 2.34. The zero-order chi connectivity index (χ0) is 14.4. The molecule has 1 aromatic rings. The minimum absolute atomic E-state index is 0.0924. The lowest BCUT2D eigenvalue weighted by atomic mass is 9.90. The van der Waals surface area contributed by atoms with Crippen molar-refractivity contribution in [3.05, 3.63) is 35.4 Å². The van der Waals surface area contributed by atoms with Crippen LogP contribution >= 0.6 is 0 Å². The molecule has 0 unspecified atom stereocenters. The molecule has 1 fully saturated rings. The molecule has 0 spiro atoms. The number of hydrogen-bond acceptors (Lipinski definition) is 5. The van der Waals surface area contributed by atoms with Gasteiger partial charge in [0.1, 0.15) is 0 Å². The van der Waals surface area contributed by atoms with E-state index in [-0.39, 0.29) is 18.0 Å². The normalized spacial score (nSPS) is 18.9. The van der Waals surface area contributed by atoms with Gasteiger partial charge < -0.3 is 26.1 Å². The molecule has 0 saturated carbocycles. The standard InChI is InChI=1S/C14H21N3O3/c15-13(17-19)12-3-1-2-11(8-12)9-16-14(10-18)4-6-20-7-5-14/h1-3,8,16,18-19H,4-7,9-10H2,(H2,15,17). The number of ether oxygens (including phenoxy) is 1. The van der Waals surface area contributed by atoms with Gasteiger partial charge in [0.25, 0.3) is 0 Å². The number of amidine groups is 1. The Morgan fingerprint density at radius 1 is 1.40 bits per heavy atom. The highest BCUT2D eigenvalue weighted by molar-refractivity contribution is 5.97. The van der Waals surface area contributed by atoms with Gasteiger partial charge in [-0.25, -0.2) is 0 Å². The molecule has 2 rings (SSSR count). The summed E-state index contributed by atoms with van der Waals surface area (Å²) in [4.78, 5) is 0. The van der Waals surface area contributed by atoms with Crippen LogP contribution in [0.1, 0.15) is 24.0 Å². The first kappa shape index (κ1) is 14.8. The molecule has 6 nitrogen and oxygen atoms in total. The quantitative estimate of drug-likeness (QED) is 0.271. The summed E-state index contributed by atoms with van der Waals surface area (Å²) in [5.74, 6) is 0.0924. The minimum Gasteiger partial charge on any atom is -0.409 e. The van der Waals surface area contributed by atoms with E-state index in [4.69, 9.17) is 15.7 Å². The van der Waals surface area contributed by atoms with E-state index in [9.17, 15) is 5.11 Å². The third-order valence-corrected chi connectivity index (χ3v) is 3.75. The van der Waals surface area contributed by atoms with Crippen molar-refractivity contribution in [3.63, 3.8) is 0 Å². The maximum absolute atomic E-state index is 9.61. The Labute approximate surface area is 118 Å². The van der Waals surface area contributed by atoms with Crippen LogP contribution in [0.5, 0.6) is 0 Å². The van der Waals surface area contributed by atoms with Gasteiger partial charge in [-0.15, -0.1) is 0 Å². The Balaban J connectivity index is 2.03. The van der Waals surface area contributed by atoms with Gasteiger partial charge >= 0.3 is 0 Å². The van der Waals surface area contributed by atoms with Crippen LogP contribution in [0, 0.1) is 0 Å². The van der Waals surface area contributed by atoms with Crippen LogP contribution in [0.3, 0.4) is 0 Å². The number of rotatable bonds is 5. The molecule has 1 aromatic carbocycles. The zero-order valence-electron chi connectivity index (χ0n) is 11.4. The Morgan fingerprint density at radius 3 is 2.80 bits per heavy atom. The lowest BCUT2D eigenvalue weighted by Gasteiger charge is -2.36. The number of hydrogen-bond donors (Lipinski definition) is 4. The first-order valence-corrected chi connectivity index (χ1v) is 6.69. The molecular formula is C14H21N3O3. The molecule has 0 radical (unpaired) electrons. The monoisotopic (exact) mass is 279 g/mol. The van der Waals surface area contributed by atoms with E-state index in [0.29, 0.717) is 25.3 Å². The number of aliphatic hydroxyl groups excluding tert-OH is 1. The Kier molecular flexibility index (Phi) is 4.94. The van der Waals surface area contributed by atoms with Crippen molar-refractivity contribution in [2.24, 2.45) is 10.9 Å². The van der Waals surface area contributed by atoms with Crippen LogP contribution in [0.4, 0.5) is 0 Å². The van der Waals surface area contributed by atoms with E-state index in [2.05, 4.69) is 10.5 Å². The van der Waals surface area contributed by atoms with Crippen molar-refractivity contribution in [1.29, 1.82) is 0 Å². The van der Waals surface area contributed by atoms with Gasteiger partial charge in [-0.2, -0.15) is 0 Å². The van der Waals surface area contributed by atoms with E-state index in [0.717, 1.165) is 18.4 Å². The lowest BCUT2D eigenvalue weighted by molar-refractivity contribution is 0.0112. The molecule has 0 atom stereocenters. The first-order chi connectivity index (χ1) is 9.69. The highest BCUT2D eigenvalue weighted by Crippen LogP contribution is 2.20. The van der Waals surface area contributed by atoms with Crippen LogP contribution in [0.15, 0.2) is 29.4 Å². The molecule has 20 heavy (non-hydrogen) atoms. The molecule has 110 valence electrons. The second-order valence-corrected chi connectivity index (χ2v) is 5.09. The number of benzene rings is 1. The molecule has 0 amide bonds. The molecular weight excluding hydrogens is 258 g/mol. The molecule has 1 heterocycles. The van der Waals surface area contributed by atoms with Crippen molar-refractivity contribution in [2.45, 2.75) is 24.9 Å². The summed E-state index contributed by atoms with van der Waals surface area (Å²) in [6.07, 6.45) is 1.59. The number of oxime groups is 1. The van der Waals surface area contributed by atoms with Crippen molar-refractivity contribution in [2.75, 3.05) is 19.8 Å². The number of nitrogens with one attached hydrogen (secondary N) is 1. The zero-order valence-corrected chi connectivity index (χ0v) is 11.4. The van der Waals surface area contributed by atoms with Gasteiger partial charge in [0.15, 0.2) is 5.84 Å². The van der Waals surface area contributed by atoms with Gasteiger partial charge in [0, 0.05) is 30.9 Å². The Hall–Kier alpha value is -1.63. The van der Waals surface area contributed by atoms with Gasteiger partial charge in [-0.3, -0.25) is 0 Å². The number of nitrogens with zero attached hydrogens (tertiary/aromatic N) is 1. The predicted octanol–water partition coefficient (Wildman–Crippen LogP) is 0.412. The molecule has 0 bridgehead atoms. The number of aliphatic hydroxyl groups is 1. The second-order valence-electron chi connectivity index (χ2n) is 5.09. The first-order valence-electron chi connectivity index (χ1n) is 6.69. The van der Waals surface area contributed by atoms with Crippen molar-refractivity contribution in [1.82, 2.24) is 5.32 Å². The van der Waals surface area contributed by atoms with E-state index < -0.39 is 0 Å². The summed E-state index contributed by atoms with van der Waals surface area (Å²) >= 11 is 0. The fraction of sp³-hybridized carbons (Fsp3) is 0.500. The molecule has 6 heteroatoms. The summed E-state index contributed by atoms with van der Waals surface area (Å²) < 4.78 is 5.33. The summed E-state index contributed by atoms with van der Waals surface area (Å²) in [7, 11) is 0. The van der Waals surface area contributed by atoms with Gasteiger partial charge in [0.05, 0.1) is 6.61 Å². The molecule has 5 N–H and O–H groups in total. The van der Waals surface area contributed by atoms with Crippen molar-refractivity contribution >= 4 is 5.84 Å². The molecule has 0 aliphatic carbocycles. The molecule has 1 aliphatic heterocycles. The van der Waals surface area contributed by atoms with Crippen LogP contribution < -0.4 is 11.1 Å². The topological polar surface area (TPSA) is 100 Å². The van der Waals surface area contributed by atoms with E-state index in [1.807, 2.05) is 18.2 Å². The average Bonchev–Trinajstić information content (AvgIpc) is 2.53. The maximum atomic E-state index is 9.61. The minimum atomic E-state index is -0.273. The maximum Gasteiger partial charge on any atom is 0.170 e. The molecule has 1 saturated heterocycles. The van der Waals surface area contributed by atoms with Crippen molar-refractivity contribution < 1.29 is 15.1 Å². The molecule has 0 aromatic heterocycles. The van der Waals surface area contributed by atoms with Crippen molar-refractivity contribution in [3.8, 4) is 0 Å². The highest BCUT2D eigenvalue weighted by Gasteiger charge is 2.31. The van der Waals surface area contributed by atoms with Crippen LogP contribution in [0.2, 0.25) is 0 Å². The summed E-state index contributed by atoms with van der Waals surface area (Å²) in [5, 5.41) is 24.7. The van der Waals surface area contributed by atoms with Gasteiger partial charge in [-0.1, -0.05) is 23.4 Å². The Bertz CT molecular complexity index is 470. The summed E-state index contributed by atoms with van der Waals surface area (Å²) in [6, 6.07) is 7.48. The third kappa shape index (κ3) is 3.47. The highest BCUT2D eigenvalue weighted by atomic mass is 16.5. The molecule has 1 aliphatic rings. The third-order valence-electron chi connectivity index (χ3n) is 3.75. The smallest absolute Gasteiger partial charge is 0.170 e. The predicted molar refractivity (Wildman–Crippen MR) is 75.7 cm³/mol. The van der Waals surface area contributed by atoms with Gasteiger partial charge in [0.2, 0.25) is 0 Å². The van der Waals surface area contributed by atoms with E-state index in [1.165, 1.54) is 0 Å². The number of nitrogens with two attached hydrogens (primary N) is 1.